The Morgan fingerprint density at radius 1 is 1.73 bits per heavy atom. The summed E-state index contributed by atoms with van der Waals surface area (Å²) in [7, 11) is 0. The highest BCUT2D eigenvalue weighted by atomic mass is 127. The second kappa shape index (κ2) is 4.04. The van der Waals surface area contributed by atoms with Crippen LogP contribution >= 0.6 is 45.2 Å². The van der Waals surface area contributed by atoms with E-state index in [1.54, 1.807) is 6.33 Å². The topological polar surface area (TPSA) is 38.0 Å². The predicted octanol–water partition coefficient (Wildman–Crippen LogP) is 1.65. The minimum atomic E-state index is 0.123. The maximum absolute atomic E-state index is 8.87. The second-order valence-electron chi connectivity index (χ2n) is 2.27. The van der Waals surface area contributed by atoms with Gasteiger partial charge in [0, 0.05) is 0 Å². The molecule has 0 aromatic carbocycles. The van der Waals surface area contributed by atoms with E-state index in [4.69, 9.17) is 5.11 Å². The summed E-state index contributed by atoms with van der Waals surface area (Å²) in [6, 6.07) is 0.123. The molecular formula is C6H8I2N2O. The average Bonchev–Trinajstić information content (AvgIpc) is 2.32. The summed E-state index contributed by atoms with van der Waals surface area (Å²) in [5.41, 5.74) is 0. The van der Waals surface area contributed by atoms with Crippen LogP contribution in [-0.4, -0.2) is 21.3 Å². The first-order valence-corrected chi connectivity index (χ1v) is 5.31. The first kappa shape index (κ1) is 9.72. The minimum Gasteiger partial charge on any atom is -0.394 e. The van der Waals surface area contributed by atoms with Crippen molar-refractivity contribution in [3.63, 3.8) is 0 Å². The quantitative estimate of drug-likeness (QED) is 0.796. The highest BCUT2D eigenvalue weighted by Crippen LogP contribution is 2.17. The highest BCUT2D eigenvalue weighted by molar-refractivity contribution is 14.1. The van der Waals surface area contributed by atoms with Gasteiger partial charge in [-0.25, -0.2) is 4.98 Å². The lowest BCUT2D eigenvalue weighted by Crippen LogP contribution is -2.09. The van der Waals surface area contributed by atoms with E-state index in [9.17, 15) is 0 Å². The van der Waals surface area contributed by atoms with Crippen molar-refractivity contribution in [3.8, 4) is 0 Å². The van der Waals surface area contributed by atoms with Crippen LogP contribution in [0.2, 0.25) is 0 Å². The molecule has 1 N–H and O–H groups in total. The summed E-state index contributed by atoms with van der Waals surface area (Å²) in [6.45, 7) is 2.11. The molecule has 11 heavy (non-hydrogen) atoms. The number of imidazole rings is 1. The number of rotatable bonds is 2. The number of aliphatic hydroxyl groups is 1. The standard InChI is InChI=1S/C6H8I2N2O/c1-4(2-11)10-3-9-5(7)6(10)8/h3-4,11H,2H2,1H3. The van der Waals surface area contributed by atoms with Gasteiger partial charge in [-0.15, -0.1) is 0 Å². The van der Waals surface area contributed by atoms with E-state index in [0.717, 1.165) is 7.40 Å². The van der Waals surface area contributed by atoms with E-state index >= 15 is 0 Å². The zero-order valence-corrected chi connectivity index (χ0v) is 10.3. The lowest BCUT2D eigenvalue weighted by Gasteiger charge is -2.09. The second-order valence-corrected chi connectivity index (χ2v) is 4.31. The first-order chi connectivity index (χ1) is 5.16. The molecular weight excluding hydrogens is 370 g/mol. The Bertz CT molecular complexity index is 249. The number of hydrogen-bond donors (Lipinski definition) is 1. The zero-order valence-electron chi connectivity index (χ0n) is 5.96. The van der Waals surface area contributed by atoms with Crippen LogP contribution in [0.3, 0.4) is 0 Å². The SMILES string of the molecule is CC(CO)n1cnc(I)c1I. The van der Waals surface area contributed by atoms with Crippen molar-refractivity contribution < 1.29 is 5.11 Å². The molecule has 0 aliphatic carbocycles. The van der Waals surface area contributed by atoms with E-state index in [1.807, 2.05) is 11.5 Å². The van der Waals surface area contributed by atoms with E-state index < -0.39 is 0 Å². The third-order valence-electron chi connectivity index (χ3n) is 1.43. The maximum Gasteiger partial charge on any atom is 0.132 e. The van der Waals surface area contributed by atoms with Gasteiger partial charge >= 0.3 is 0 Å². The number of halogens is 2. The molecule has 0 aliphatic heterocycles. The Morgan fingerprint density at radius 3 is 2.73 bits per heavy atom. The number of hydrogen-bond acceptors (Lipinski definition) is 2. The lowest BCUT2D eigenvalue weighted by molar-refractivity contribution is 0.237. The summed E-state index contributed by atoms with van der Waals surface area (Å²) in [5.74, 6) is 0. The molecule has 0 radical (unpaired) electrons. The molecule has 0 aliphatic rings. The fraction of sp³-hybridized carbons (Fsp3) is 0.500. The van der Waals surface area contributed by atoms with Crippen LogP contribution in [-0.2, 0) is 0 Å². The summed E-state index contributed by atoms with van der Waals surface area (Å²) in [5, 5.41) is 8.87. The maximum atomic E-state index is 8.87. The Hall–Kier alpha value is 0.630. The third kappa shape index (κ3) is 2.05. The fourth-order valence-corrected chi connectivity index (χ4v) is 1.86. The van der Waals surface area contributed by atoms with Crippen LogP contribution in [0.1, 0.15) is 13.0 Å². The van der Waals surface area contributed by atoms with Gasteiger partial charge in [-0.2, -0.15) is 0 Å². The average molecular weight is 378 g/mol. The van der Waals surface area contributed by atoms with Crippen LogP contribution in [0.4, 0.5) is 0 Å². The summed E-state index contributed by atoms with van der Waals surface area (Å²) < 4.78 is 4.04. The van der Waals surface area contributed by atoms with Crippen molar-refractivity contribution >= 4 is 45.2 Å². The minimum absolute atomic E-state index is 0.123. The van der Waals surface area contributed by atoms with Crippen LogP contribution in [0, 0.1) is 7.40 Å². The van der Waals surface area contributed by atoms with Crippen molar-refractivity contribution in [2.45, 2.75) is 13.0 Å². The van der Waals surface area contributed by atoms with Crippen LogP contribution in [0.15, 0.2) is 6.33 Å². The summed E-state index contributed by atoms with van der Waals surface area (Å²) >= 11 is 4.39. The number of aliphatic hydroxyl groups excluding tert-OH is 1. The van der Waals surface area contributed by atoms with Gasteiger partial charge in [-0.1, -0.05) is 0 Å². The van der Waals surface area contributed by atoms with Crippen molar-refractivity contribution in [3.05, 3.63) is 13.7 Å². The van der Waals surface area contributed by atoms with Crippen molar-refractivity contribution in [1.82, 2.24) is 9.55 Å². The van der Waals surface area contributed by atoms with Gasteiger partial charge in [0.2, 0.25) is 0 Å². The zero-order chi connectivity index (χ0) is 8.43. The third-order valence-corrected chi connectivity index (χ3v) is 4.32. The van der Waals surface area contributed by atoms with Gasteiger partial charge in [-0.3, -0.25) is 0 Å². The van der Waals surface area contributed by atoms with Crippen LogP contribution in [0.25, 0.3) is 0 Å². The van der Waals surface area contributed by atoms with E-state index in [2.05, 4.69) is 50.2 Å². The van der Waals surface area contributed by atoms with Crippen molar-refractivity contribution in [2.75, 3.05) is 6.61 Å². The molecule has 0 spiro atoms. The first-order valence-electron chi connectivity index (χ1n) is 3.15. The predicted molar refractivity (Wildman–Crippen MR) is 59.5 cm³/mol. The molecule has 1 unspecified atom stereocenters. The lowest BCUT2D eigenvalue weighted by atomic mass is 10.4. The van der Waals surface area contributed by atoms with E-state index in [-0.39, 0.29) is 12.6 Å². The van der Waals surface area contributed by atoms with Crippen LogP contribution in [0.5, 0.6) is 0 Å². The Balaban J connectivity index is 2.94. The molecule has 3 nitrogen and oxygen atoms in total. The Morgan fingerprint density at radius 2 is 2.36 bits per heavy atom. The fourth-order valence-electron chi connectivity index (χ4n) is 0.719. The van der Waals surface area contributed by atoms with Gasteiger partial charge in [-0.05, 0) is 52.1 Å². The molecule has 0 amide bonds. The molecule has 1 atom stereocenters. The molecule has 0 saturated heterocycles. The molecule has 0 bridgehead atoms. The van der Waals surface area contributed by atoms with Gasteiger partial charge in [0.15, 0.2) is 0 Å². The normalized spacial score (nSPS) is 13.5. The highest BCUT2D eigenvalue weighted by Gasteiger charge is 2.09. The Kier molecular flexibility index (Phi) is 3.56. The van der Waals surface area contributed by atoms with Gasteiger partial charge in [0.25, 0.3) is 0 Å². The number of nitrogens with zero attached hydrogens (tertiary/aromatic N) is 2. The van der Waals surface area contributed by atoms with Gasteiger partial charge < -0.3 is 9.67 Å². The van der Waals surface area contributed by atoms with E-state index in [0.29, 0.717) is 0 Å². The van der Waals surface area contributed by atoms with Gasteiger partial charge in [0.05, 0.1) is 19.0 Å². The molecule has 1 aromatic rings. The molecule has 0 saturated carbocycles. The van der Waals surface area contributed by atoms with Crippen molar-refractivity contribution in [2.24, 2.45) is 0 Å². The summed E-state index contributed by atoms with van der Waals surface area (Å²) in [4.78, 5) is 4.12. The molecule has 1 aromatic heterocycles. The molecule has 62 valence electrons. The number of aromatic nitrogens is 2. The molecule has 0 fully saturated rings. The smallest absolute Gasteiger partial charge is 0.132 e. The monoisotopic (exact) mass is 378 g/mol. The summed E-state index contributed by atoms with van der Waals surface area (Å²) in [6.07, 6.45) is 1.75. The van der Waals surface area contributed by atoms with Crippen molar-refractivity contribution in [1.29, 1.82) is 0 Å². The molecule has 1 rings (SSSR count). The van der Waals surface area contributed by atoms with Crippen LogP contribution < -0.4 is 0 Å². The molecule has 5 heteroatoms. The largest absolute Gasteiger partial charge is 0.394 e. The van der Waals surface area contributed by atoms with Gasteiger partial charge in [0.1, 0.15) is 7.40 Å². The Labute approximate surface area is 92.5 Å². The van der Waals surface area contributed by atoms with E-state index in [1.165, 1.54) is 0 Å². The molecule has 1 heterocycles.